The summed E-state index contributed by atoms with van der Waals surface area (Å²) in [4.78, 5) is 0. The van der Waals surface area contributed by atoms with Gasteiger partial charge in [-0.15, -0.1) is 0 Å². The fraction of sp³-hybridized carbons (Fsp3) is 0. The Bertz CT molecular complexity index is 2500. The van der Waals surface area contributed by atoms with E-state index in [1.165, 1.54) is 86.9 Å². The van der Waals surface area contributed by atoms with Crippen molar-refractivity contribution >= 4 is 64.6 Å². The summed E-state index contributed by atoms with van der Waals surface area (Å²) in [5, 5.41) is 15.5. The molecule has 0 saturated heterocycles. The van der Waals surface area contributed by atoms with Gasteiger partial charge in [-0.25, -0.2) is 0 Å². The maximum atomic E-state index is 2.40. The Kier molecular flexibility index (Phi) is 5.00. The molecule has 0 nitrogen and oxygen atoms in total. The molecule has 0 radical (unpaired) electrons. The molecular weight excluding hydrogens is 504 g/mol. The maximum Gasteiger partial charge on any atom is -0.00137 e. The fourth-order valence-corrected chi connectivity index (χ4v) is 7.13. The van der Waals surface area contributed by atoms with Crippen LogP contribution in [0.4, 0.5) is 0 Å². The average molecular weight is 531 g/mol. The minimum absolute atomic E-state index is 1.23. The van der Waals surface area contributed by atoms with E-state index in [0.717, 1.165) is 0 Å². The molecule has 0 fully saturated rings. The Morgan fingerprint density at radius 2 is 0.857 bits per heavy atom. The summed E-state index contributed by atoms with van der Waals surface area (Å²) in [5.74, 6) is 0. The summed E-state index contributed by atoms with van der Waals surface area (Å²) in [6.07, 6.45) is 0. The predicted molar refractivity (Wildman–Crippen MR) is 182 cm³/mol. The third kappa shape index (κ3) is 3.36. The van der Waals surface area contributed by atoms with Gasteiger partial charge in [0, 0.05) is 0 Å². The first-order chi connectivity index (χ1) is 20.8. The van der Waals surface area contributed by atoms with Crippen molar-refractivity contribution in [2.75, 3.05) is 0 Å². The van der Waals surface area contributed by atoms with Crippen LogP contribution in [0.2, 0.25) is 0 Å². The summed E-state index contributed by atoms with van der Waals surface area (Å²) >= 11 is 0. The molecule has 0 aromatic heterocycles. The third-order valence-electron chi connectivity index (χ3n) is 8.99. The monoisotopic (exact) mass is 530 g/mol. The van der Waals surface area contributed by atoms with Crippen molar-refractivity contribution in [1.82, 2.24) is 0 Å². The van der Waals surface area contributed by atoms with Crippen LogP contribution in [0.3, 0.4) is 0 Å². The second-order valence-electron chi connectivity index (χ2n) is 11.3. The molecule has 0 heterocycles. The van der Waals surface area contributed by atoms with Gasteiger partial charge in [0.05, 0.1) is 0 Å². The van der Waals surface area contributed by atoms with Crippen LogP contribution in [0, 0.1) is 0 Å². The molecule has 42 heavy (non-hydrogen) atoms. The van der Waals surface area contributed by atoms with Crippen molar-refractivity contribution in [3.63, 3.8) is 0 Å². The zero-order valence-electron chi connectivity index (χ0n) is 23.0. The van der Waals surface area contributed by atoms with Gasteiger partial charge in [0.15, 0.2) is 0 Å². The quantitative estimate of drug-likeness (QED) is 0.154. The average Bonchev–Trinajstić information content (AvgIpc) is 3.06. The van der Waals surface area contributed by atoms with Gasteiger partial charge in [-0.1, -0.05) is 146 Å². The molecule has 9 aromatic carbocycles. The minimum Gasteiger partial charge on any atom is -0.0622 e. The molecule has 9 rings (SSSR count). The molecule has 0 unspecified atom stereocenters. The maximum absolute atomic E-state index is 2.40. The second-order valence-corrected chi connectivity index (χ2v) is 11.3. The highest BCUT2D eigenvalue weighted by molar-refractivity contribution is 6.35. The molecule has 0 aliphatic heterocycles. The van der Waals surface area contributed by atoms with E-state index in [4.69, 9.17) is 0 Å². The van der Waals surface area contributed by atoms with Crippen LogP contribution < -0.4 is 0 Å². The molecule has 194 valence electrons. The summed E-state index contributed by atoms with van der Waals surface area (Å²) in [6, 6.07) is 58.1. The zero-order valence-corrected chi connectivity index (χ0v) is 23.0. The Balaban J connectivity index is 1.56. The van der Waals surface area contributed by atoms with Crippen LogP contribution in [0.25, 0.3) is 86.9 Å². The molecule has 0 N–H and O–H groups in total. The molecule has 0 bridgehead atoms. The van der Waals surface area contributed by atoms with Crippen LogP contribution in [0.5, 0.6) is 0 Å². The van der Waals surface area contributed by atoms with Crippen molar-refractivity contribution in [2.45, 2.75) is 0 Å². The van der Waals surface area contributed by atoms with Crippen LogP contribution in [0.15, 0.2) is 158 Å². The minimum atomic E-state index is 1.23. The van der Waals surface area contributed by atoms with Crippen LogP contribution in [-0.2, 0) is 0 Å². The highest BCUT2D eigenvalue weighted by atomic mass is 14.2. The number of hydrogen-bond acceptors (Lipinski definition) is 0. The first kappa shape index (κ1) is 23.3. The number of fused-ring (bicyclic) bond motifs is 10. The van der Waals surface area contributed by atoms with Gasteiger partial charge >= 0.3 is 0 Å². The van der Waals surface area contributed by atoms with Crippen LogP contribution in [-0.4, -0.2) is 0 Å². The fourth-order valence-electron chi connectivity index (χ4n) is 7.13. The number of hydrogen-bond donors (Lipinski definition) is 0. The Hall–Kier alpha value is -5.46. The lowest BCUT2D eigenvalue weighted by Crippen LogP contribution is -1.92. The highest BCUT2D eigenvalue weighted by Gasteiger charge is 2.19. The molecule has 9 aromatic rings. The summed E-state index contributed by atoms with van der Waals surface area (Å²) in [7, 11) is 0. The number of rotatable bonds is 2. The van der Waals surface area contributed by atoms with E-state index >= 15 is 0 Å². The highest BCUT2D eigenvalue weighted by Crippen LogP contribution is 2.47. The van der Waals surface area contributed by atoms with E-state index in [0.29, 0.717) is 0 Å². The van der Waals surface area contributed by atoms with E-state index in [2.05, 4.69) is 158 Å². The summed E-state index contributed by atoms with van der Waals surface area (Å²) in [6.45, 7) is 0. The van der Waals surface area contributed by atoms with Gasteiger partial charge in [-0.05, 0) is 99.0 Å². The second kappa shape index (κ2) is 9.03. The Morgan fingerprint density at radius 3 is 1.64 bits per heavy atom. The first-order valence-electron chi connectivity index (χ1n) is 14.6. The smallest absolute Gasteiger partial charge is 0.00137 e. The predicted octanol–water partition coefficient (Wildman–Crippen LogP) is 11.9. The SMILES string of the molecule is c1ccc(-c2ccc3cc4ccccc4cc3c2-c2cccc3c4ccccc4c4ccc5ccccc5c4c23)cc1. The van der Waals surface area contributed by atoms with Crippen molar-refractivity contribution in [2.24, 2.45) is 0 Å². The molecule has 0 amide bonds. The largest absolute Gasteiger partial charge is 0.0622 e. The van der Waals surface area contributed by atoms with Gasteiger partial charge in [0.1, 0.15) is 0 Å². The Morgan fingerprint density at radius 1 is 0.262 bits per heavy atom. The third-order valence-corrected chi connectivity index (χ3v) is 8.99. The van der Waals surface area contributed by atoms with Gasteiger partial charge in [0.25, 0.3) is 0 Å². The molecule has 0 heteroatoms. The number of benzene rings is 9. The van der Waals surface area contributed by atoms with E-state index in [1.54, 1.807) is 0 Å². The van der Waals surface area contributed by atoms with E-state index in [-0.39, 0.29) is 0 Å². The molecule has 0 atom stereocenters. The van der Waals surface area contributed by atoms with Crippen molar-refractivity contribution in [3.8, 4) is 22.3 Å². The normalized spacial score (nSPS) is 11.8. The summed E-state index contributed by atoms with van der Waals surface area (Å²) in [5.41, 5.74) is 5.06. The topological polar surface area (TPSA) is 0 Å². The molecule has 0 spiro atoms. The van der Waals surface area contributed by atoms with Crippen LogP contribution in [0.1, 0.15) is 0 Å². The lowest BCUT2D eigenvalue weighted by Gasteiger charge is -2.20. The van der Waals surface area contributed by atoms with Crippen molar-refractivity contribution in [1.29, 1.82) is 0 Å². The lowest BCUT2D eigenvalue weighted by atomic mass is 9.83. The van der Waals surface area contributed by atoms with E-state index in [9.17, 15) is 0 Å². The van der Waals surface area contributed by atoms with Crippen molar-refractivity contribution < 1.29 is 0 Å². The first-order valence-corrected chi connectivity index (χ1v) is 14.6. The standard InChI is InChI=1S/C42H26/c1-2-11-27(12-3-1)33-23-22-31-25-29-14-4-5-15-30(29)26-39(31)40(33)38-20-10-19-36-34-17-8-9-18-35(34)37-24-21-28-13-6-7-16-32(28)41(37)42(36)38/h1-26H. The molecule has 0 saturated carbocycles. The Labute approximate surface area is 244 Å². The van der Waals surface area contributed by atoms with Crippen molar-refractivity contribution in [3.05, 3.63) is 158 Å². The molecule has 0 aliphatic carbocycles. The molecule has 0 aliphatic rings. The summed E-state index contributed by atoms with van der Waals surface area (Å²) < 4.78 is 0. The van der Waals surface area contributed by atoms with Gasteiger partial charge in [-0.2, -0.15) is 0 Å². The van der Waals surface area contributed by atoms with E-state index in [1.807, 2.05) is 0 Å². The van der Waals surface area contributed by atoms with Gasteiger partial charge < -0.3 is 0 Å². The van der Waals surface area contributed by atoms with Gasteiger partial charge in [-0.3, -0.25) is 0 Å². The van der Waals surface area contributed by atoms with E-state index < -0.39 is 0 Å². The van der Waals surface area contributed by atoms with Crippen LogP contribution >= 0.6 is 0 Å². The lowest BCUT2D eigenvalue weighted by molar-refractivity contribution is 1.63. The molecular formula is C42H26. The van der Waals surface area contributed by atoms with Gasteiger partial charge in [0.2, 0.25) is 0 Å². The zero-order chi connectivity index (χ0) is 27.6.